The van der Waals surface area contributed by atoms with Crippen molar-refractivity contribution in [2.24, 2.45) is 0 Å². The van der Waals surface area contributed by atoms with Crippen molar-refractivity contribution in [2.75, 3.05) is 0 Å². The summed E-state index contributed by atoms with van der Waals surface area (Å²) < 4.78 is 0. The van der Waals surface area contributed by atoms with Gasteiger partial charge in [-0.15, -0.1) is 0 Å². The minimum Gasteiger partial charge on any atom is -0.0876 e. The van der Waals surface area contributed by atoms with Crippen LogP contribution in [0.1, 0.15) is 5.56 Å². The lowest BCUT2D eigenvalue weighted by molar-refractivity contribution is 1.43. The van der Waals surface area contributed by atoms with Crippen molar-refractivity contribution in [3.05, 3.63) is 56.0 Å². The molecule has 2 rings (SSSR count). The van der Waals surface area contributed by atoms with Crippen LogP contribution in [0.25, 0.3) is 11.1 Å². The van der Waals surface area contributed by atoms with Crippen LogP contribution in [0, 0.1) is 0 Å². The topological polar surface area (TPSA) is 0 Å². The van der Waals surface area contributed by atoms with E-state index in [4.69, 9.17) is 46.4 Å². The fourth-order valence-corrected chi connectivity index (χ4v) is 3.27. The van der Waals surface area contributed by atoms with E-state index in [1.54, 1.807) is 12.1 Å². The molecule has 0 spiro atoms. The van der Waals surface area contributed by atoms with Crippen LogP contribution in [0.4, 0.5) is 0 Å². The van der Waals surface area contributed by atoms with Crippen molar-refractivity contribution in [2.45, 2.75) is 5.33 Å². The van der Waals surface area contributed by atoms with E-state index < -0.39 is 0 Å². The highest BCUT2D eigenvalue weighted by atomic mass is 79.9. The fraction of sp³-hybridized carbons (Fsp3) is 0.0769. The Morgan fingerprint density at radius 3 is 2.28 bits per heavy atom. The molecular weight excluding hydrogens is 378 g/mol. The lowest BCUT2D eigenvalue weighted by Gasteiger charge is -2.11. The number of rotatable bonds is 2. The molecule has 0 heterocycles. The molecule has 0 saturated heterocycles. The molecule has 0 atom stereocenters. The Labute approximate surface area is 134 Å². The van der Waals surface area contributed by atoms with Gasteiger partial charge in [0.15, 0.2) is 0 Å². The van der Waals surface area contributed by atoms with E-state index in [0.717, 1.165) is 16.7 Å². The maximum Gasteiger partial charge on any atom is 0.0672 e. The Kier molecular flexibility index (Phi) is 4.85. The Balaban J connectivity index is 2.69. The van der Waals surface area contributed by atoms with Crippen molar-refractivity contribution in [1.29, 1.82) is 0 Å². The van der Waals surface area contributed by atoms with E-state index >= 15 is 0 Å². The first kappa shape index (κ1) is 14.5. The maximum absolute atomic E-state index is 6.35. The second kappa shape index (κ2) is 6.02. The molecule has 0 bridgehead atoms. The summed E-state index contributed by atoms with van der Waals surface area (Å²) in [7, 11) is 0. The zero-order valence-electron chi connectivity index (χ0n) is 8.98. The third kappa shape index (κ3) is 2.81. The number of halogens is 5. The highest BCUT2D eigenvalue weighted by molar-refractivity contribution is 9.08. The van der Waals surface area contributed by atoms with Crippen molar-refractivity contribution in [3.63, 3.8) is 0 Å². The van der Waals surface area contributed by atoms with Gasteiger partial charge in [-0.25, -0.2) is 0 Å². The summed E-state index contributed by atoms with van der Waals surface area (Å²) >= 11 is 28.0. The quantitative estimate of drug-likeness (QED) is 0.391. The number of hydrogen-bond donors (Lipinski definition) is 0. The fourth-order valence-electron chi connectivity index (χ4n) is 1.64. The Bertz CT molecular complexity index is 596. The van der Waals surface area contributed by atoms with Gasteiger partial charge in [-0.05, 0) is 17.7 Å². The molecule has 0 nitrogen and oxygen atoms in total. The first-order chi connectivity index (χ1) is 8.54. The zero-order chi connectivity index (χ0) is 13.3. The van der Waals surface area contributed by atoms with Gasteiger partial charge in [0.25, 0.3) is 0 Å². The summed E-state index contributed by atoms with van der Waals surface area (Å²) in [5.74, 6) is 0. The van der Waals surface area contributed by atoms with Gasteiger partial charge in [0, 0.05) is 21.5 Å². The lowest BCUT2D eigenvalue weighted by Crippen LogP contribution is -1.87. The number of hydrogen-bond acceptors (Lipinski definition) is 0. The Morgan fingerprint density at radius 1 is 0.889 bits per heavy atom. The smallest absolute Gasteiger partial charge is 0.0672 e. The maximum atomic E-state index is 6.35. The SMILES string of the molecule is Clc1cc(Cl)c(Cl)c(-c2cccc(CBr)c2Cl)c1. The van der Waals surface area contributed by atoms with E-state index in [2.05, 4.69) is 15.9 Å². The second-order valence-corrected chi connectivity index (χ2v) is 5.82. The molecule has 0 N–H and O–H groups in total. The second-order valence-electron chi connectivity index (χ2n) is 3.66. The molecule has 0 amide bonds. The Morgan fingerprint density at radius 2 is 1.61 bits per heavy atom. The van der Waals surface area contributed by atoms with Crippen molar-refractivity contribution < 1.29 is 0 Å². The molecule has 0 radical (unpaired) electrons. The van der Waals surface area contributed by atoms with Gasteiger partial charge in [-0.1, -0.05) is 80.5 Å². The van der Waals surface area contributed by atoms with E-state index in [0.29, 0.717) is 25.4 Å². The van der Waals surface area contributed by atoms with Crippen LogP contribution in [0.2, 0.25) is 20.1 Å². The van der Waals surface area contributed by atoms with E-state index in [1.165, 1.54) is 0 Å². The number of benzene rings is 2. The van der Waals surface area contributed by atoms with Crippen LogP contribution in [0.3, 0.4) is 0 Å². The van der Waals surface area contributed by atoms with E-state index in [-0.39, 0.29) is 0 Å². The van der Waals surface area contributed by atoms with Crippen LogP contribution in [0.5, 0.6) is 0 Å². The number of alkyl halides is 1. The molecular formula is C13H7BrCl4. The van der Waals surface area contributed by atoms with Crippen molar-refractivity contribution in [3.8, 4) is 11.1 Å². The first-order valence-corrected chi connectivity index (χ1v) is 7.66. The molecule has 0 saturated carbocycles. The third-order valence-corrected chi connectivity index (χ3v) is 4.58. The summed E-state index contributed by atoms with van der Waals surface area (Å²) in [4.78, 5) is 0. The zero-order valence-corrected chi connectivity index (χ0v) is 13.6. The average Bonchev–Trinajstić information content (AvgIpc) is 2.34. The summed E-state index contributed by atoms with van der Waals surface area (Å²) in [6.07, 6.45) is 0. The summed E-state index contributed by atoms with van der Waals surface area (Å²) in [5, 5.41) is 2.72. The molecule has 0 fully saturated rings. The highest BCUT2D eigenvalue weighted by Crippen LogP contribution is 2.40. The van der Waals surface area contributed by atoms with E-state index in [9.17, 15) is 0 Å². The molecule has 0 aliphatic carbocycles. The summed E-state index contributed by atoms with van der Waals surface area (Å²) in [5.41, 5.74) is 2.55. The minimum absolute atomic E-state index is 0.416. The monoisotopic (exact) mass is 382 g/mol. The van der Waals surface area contributed by atoms with Gasteiger partial charge < -0.3 is 0 Å². The van der Waals surface area contributed by atoms with Gasteiger partial charge >= 0.3 is 0 Å². The normalized spacial score (nSPS) is 10.7. The molecule has 0 aliphatic heterocycles. The van der Waals surface area contributed by atoms with Crippen molar-refractivity contribution in [1.82, 2.24) is 0 Å². The van der Waals surface area contributed by atoms with Crippen LogP contribution < -0.4 is 0 Å². The average molecular weight is 385 g/mol. The molecule has 18 heavy (non-hydrogen) atoms. The molecule has 2 aromatic carbocycles. The Hall–Kier alpha value is 0.0800. The van der Waals surface area contributed by atoms with Gasteiger partial charge in [-0.2, -0.15) is 0 Å². The van der Waals surface area contributed by atoms with Gasteiger partial charge in [0.2, 0.25) is 0 Å². The van der Waals surface area contributed by atoms with Crippen molar-refractivity contribution >= 4 is 62.3 Å². The van der Waals surface area contributed by atoms with Crippen LogP contribution in [-0.2, 0) is 5.33 Å². The molecule has 0 unspecified atom stereocenters. The molecule has 5 heteroatoms. The highest BCUT2D eigenvalue weighted by Gasteiger charge is 2.13. The first-order valence-electron chi connectivity index (χ1n) is 5.03. The van der Waals surface area contributed by atoms with Gasteiger partial charge in [0.05, 0.1) is 15.1 Å². The van der Waals surface area contributed by atoms with Gasteiger partial charge in [-0.3, -0.25) is 0 Å². The van der Waals surface area contributed by atoms with Crippen LogP contribution in [0.15, 0.2) is 30.3 Å². The molecule has 0 aliphatic rings. The standard InChI is InChI=1S/C13H7BrCl4/c14-6-7-2-1-3-9(12(7)17)10-4-8(15)5-11(16)13(10)18/h1-5H,6H2. The van der Waals surface area contributed by atoms with Gasteiger partial charge in [0.1, 0.15) is 0 Å². The summed E-state index contributed by atoms with van der Waals surface area (Å²) in [6.45, 7) is 0. The summed E-state index contributed by atoms with van der Waals surface area (Å²) in [6, 6.07) is 9.12. The molecule has 94 valence electrons. The minimum atomic E-state index is 0.416. The predicted octanol–water partition coefficient (Wildman–Crippen LogP) is 6.86. The largest absolute Gasteiger partial charge is 0.0876 e. The van der Waals surface area contributed by atoms with Crippen LogP contribution in [-0.4, -0.2) is 0 Å². The predicted molar refractivity (Wildman–Crippen MR) is 84.5 cm³/mol. The van der Waals surface area contributed by atoms with Crippen LogP contribution >= 0.6 is 62.3 Å². The lowest BCUT2D eigenvalue weighted by atomic mass is 10.0. The van der Waals surface area contributed by atoms with E-state index in [1.807, 2.05) is 18.2 Å². The third-order valence-electron chi connectivity index (χ3n) is 2.51. The molecule has 0 aromatic heterocycles. The molecule has 2 aromatic rings.